The summed E-state index contributed by atoms with van der Waals surface area (Å²) in [5, 5.41) is 7.92. The molecule has 0 saturated carbocycles. The van der Waals surface area contributed by atoms with E-state index in [0.717, 1.165) is 43.0 Å². The molecule has 7 nitrogen and oxygen atoms in total. The van der Waals surface area contributed by atoms with E-state index in [-0.39, 0.29) is 25.1 Å². The number of nitrogens with one attached hydrogen (secondary N) is 1. The smallest absolute Gasteiger partial charge is 0.274 e. The number of amides is 1. The van der Waals surface area contributed by atoms with Gasteiger partial charge in [-0.15, -0.1) is 12.4 Å². The molecule has 1 saturated heterocycles. The lowest BCUT2D eigenvalue weighted by Crippen LogP contribution is -2.33. The molecule has 0 spiro atoms. The van der Waals surface area contributed by atoms with Crippen LogP contribution in [0.15, 0.2) is 30.5 Å². The van der Waals surface area contributed by atoms with E-state index in [4.69, 9.17) is 9.47 Å². The SMILES string of the molecule is CCN(Cc1ccc2c(c1)OCO2)C(=O)c1ccn(C2CCCNC2)n1.Cl. The molecule has 0 bridgehead atoms. The van der Waals surface area contributed by atoms with Gasteiger partial charge in [-0.25, -0.2) is 0 Å². The first-order valence-corrected chi connectivity index (χ1v) is 9.18. The average molecular weight is 393 g/mol. The van der Waals surface area contributed by atoms with Crippen LogP contribution in [0, 0.1) is 0 Å². The molecule has 1 aromatic heterocycles. The fraction of sp³-hybridized carbons (Fsp3) is 0.474. The van der Waals surface area contributed by atoms with Crippen LogP contribution in [-0.2, 0) is 6.54 Å². The lowest BCUT2D eigenvalue weighted by atomic mass is 10.1. The zero-order valence-electron chi connectivity index (χ0n) is 15.4. The Morgan fingerprint density at radius 3 is 2.96 bits per heavy atom. The molecule has 0 aliphatic carbocycles. The minimum atomic E-state index is -0.0484. The van der Waals surface area contributed by atoms with Crippen molar-refractivity contribution in [2.75, 3.05) is 26.4 Å². The van der Waals surface area contributed by atoms with E-state index < -0.39 is 0 Å². The summed E-state index contributed by atoms with van der Waals surface area (Å²) in [6, 6.07) is 7.94. The summed E-state index contributed by atoms with van der Waals surface area (Å²) in [5.74, 6) is 1.44. The quantitative estimate of drug-likeness (QED) is 0.847. The second kappa shape index (κ2) is 8.63. The van der Waals surface area contributed by atoms with E-state index in [1.165, 1.54) is 0 Å². The van der Waals surface area contributed by atoms with Gasteiger partial charge in [0.15, 0.2) is 11.5 Å². The second-order valence-electron chi connectivity index (χ2n) is 6.69. The number of rotatable bonds is 5. The number of carbonyl (C=O) groups excluding carboxylic acids is 1. The molecular formula is C19H25ClN4O3. The van der Waals surface area contributed by atoms with Crippen molar-refractivity contribution in [1.29, 1.82) is 0 Å². The largest absolute Gasteiger partial charge is 0.454 e. The standard InChI is InChI=1S/C19H24N4O3.ClH/c1-2-22(12-14-5-6-17-18(10-14)26-13-25-17)19(24)16-7-9-23(21-16)15-4-3-8-20-11-15;/h5-7,9-10,15,20H,2-4,8,11-13H2,1H3;1H. The van der Waals surface area contributed by atoms with Crippen molar-refractivity contribution in [3.63, 3.8) is 0 Å². The molecule has 3 heterocycles. The molecule has 0 radical (unpaired) electrons. The third-order valence-electron chi connectivity index (χ3n) is 4.95. The molecule has 4 rings (SSSR count). The zero-order chi connectivity index (χ0) is 17.9. The number of hydrogen-bond donors (Lipinski definition) is 1. The molecule has 1 aromatic carbocycles. The van der Waals surface area contributed by atoms with E-state index in [1.807, 2.05) is 42.1 Å². The van der Waals surface area contributed by atoms with Crippen LogP contribution in [0.5, 0.6) is 11.5 Å². The highest BCUT2D eigenvalue weighted by atomic mass is 35.5. The molecule has 1 N–H and O–H groups in total. The number of piperidine rings is 1. The van der Waals surface area contributed by atoms with Crippen LogP contribution in [-0.4, -0.2) is 47.0 Å². The van der Waals surface area contributed by atoms with Crippen molar-refractivity contribution < 1.29 is 14.3 Å². The maximum atomic E-state index is 12.9. The van der Waals surface area contributed by atoms with Gasteiger partial charge in [-0.1, -0.05) is 6.07 Å². The lowest BCUT2D eigenvalue weighted by molar-refractivity contribution is 0.0745. The van der Waals surface area contributed by atoms with Gasteiger partial charge in [-0.05, 0) is 50.1 Å². The summed E-state index contributed by atoms with van der Waals surface area (Å²) in [6.45, 7) is 5.33. The number of nitrogens with zero attached hydrogens (tertiary/aromatic N) is 3. The Hall–Kier alpha value is -2.25. The predicted molar refractivity (Wildman–Crippen MR) is 104 cm³/mol. The van der Waals surface area contributed by atoms with Gasteiger partial charge in [0.2, 0.25) is 6.79 Å². The summed E-state index contributed by atoms with van der Waals surface area (Å²) in [7, 11) is 0. The Morgan fingerprint density at radius 1 is 1.33 bits per heavy atom. The van der Waals surface area contributed by atoms with Crippen LogP contribution >= 0.6 is 12.4 Å². The first-order chi connectivity index (χ1) is 12.7. The van der Waals surface area contributed by atoms with Crippen molar-refractivity contribution in [1.82, 2.24) is 20.0 Å². The molecule has 8 heteroatoms. The first kappa shape index (κ1) is 19.5. The number of ether oxygens (including phenoxy) is 2. The minimum absolute atomic E-state index is 0. The normalized spacial score (nSPS) is 18.0. The molecule has 27 heavy (non-hydrogen) atoms. The van der Waals surface area contributed by atoms with Gasteiger partial charge < -0.3 is 19.7 Å². The number of benzene rings is 1. The third-order valence-corrected chi connectivity index (χ3v) is 4.95. The minimum Gasteiger partial charge on any atom is -0.454 e. The highest BCUT2D eigenvalue weighted by Crippen LogP contribution is 2.32. The summed E-state index contributed by atoms with van der Waals surface area (Å²) >= 11 is 0. The van der Waals surface area contributed by atoms with Crippen LogP contribution in [0.25, 0.3) is 0 Å². The number of halogens is 1. The average Bonchev–Trinajstić information content (AvgIpc) is 3.35. The molecule has 1 amide bonds. The highest BCUT2D eigenvalue weighted by Gasteiger charge is 2.21. The van der Waals surface area contributed by atoms with Gasteiger partial charge in [0.25, 0.3) is 5.91 Å². The predicted octanol–water partition coefficient (Wildman–Crippen LogP) is 2.62. The van der Waals surface area contributed by atoms with E-state index in [9.17, 15) is 4.79 Å². The fourth-order valence-electron chi connectivity index (χ4n) is 3.46. The monoisotopic (exact) mass is 392 g/mol. The van der Waals surface area contributed by atoms with Gasteiger partial charge in [0.1, 0.15) is 5.69 Å². The Labute approximate surface area is 165 Å². The van der Waals surface area contributed by atoms with E-state index in [0.29, 0.717) is 24.8 Å². The maximum Gasteiger partial charge on any atom is 0.274 e. The molecule has 2 aromatic rings. The van der Waals surface area contributed by atoms with Crippen LogP contribution in [0.1, 0.15) is 41.9 Å². The van der Waals surface area contributed by atoms with Crippen molar-refractivity contribution in [3.05, 3.63) is 41.7 Å². The first-order valence-electron chi connectivity index (χ1n) is 9.18. The Bertz CT molecular complexity index is 789. The Morgan fingerprint density at radius 2 is 2.19 bits per heavy atom. The lowest BCUT2D eigenvalue weighted by Gasteiger charge is -2.23. The van der Waals surface area contributed by atoms with Crippen LogP contribution in [0.3, 0.4) is 0 Å². The third kappa shape index (κ3) is 4.20. The zero-order valence-corrected chi connectivity index (χ0v) is 16.2. The van der Waals surface area contributed by atoms with E-state index >= 15 is 0 Å². The van der Waals surface area contributed by atoms with Crippen molar-refractivity contribution in [3.8, 4) is 11.5 Å². The van der Waals surface area contributed by atoms with Gasteiger partial charge in [-0.2, -0.15) is 5.10 Å². The Balaban J connectivity index is 0.00000210. The molecule has 1 fully saturated rings. The Kier molecular flexibility index (Phi) is 6.23. The van der Waals surface area contributed by atoms with Crippen molar-refractivity contribution >= 4 is 18.3 Å². The van der Waals surface area contributed by atoms with Crippen LogP contribution < -0.4 is 14.8 Å². The number of aromatic nitrogens is 2. The molecular weight excluding hydrogens is 368 g/mol. The van der Waals surface area contributed by atoms with Crippen molar-refractivity contribution in [2.45, 2.75) is 32.4 Å². The number of carbonyl (C=O) groups is 1. The van der Waals surface area contributed by atoms with Crippen LogP contribution in [0.4, 0.5) is 0 Å². The van der Waals surface area contributed by atoms with Crippen molar-refractivity contribution in [2.24, 2.45) is 0 Å². The molecule has 2 aliphatic heterocycles. The molecule has 1 unspecified atom stereocenters. The van der Waals surface area contributed by atoms with E-state index in [2.05, 4.69) is 10.4 Å². The number of hydrogen-bond acceptors (Lipinski definition) is 5. The molecule has 2 aliphatic rings. The van der Waals surface area contributed by atoms with E-state index in [1.54, 1.807) is 4.90 Å². The summed E-state index contributed by atoms with van der Waals surface area (Å²) < 4.78 is 12.7. The summed E-state index contributed by atoms with van der Waals surface area (Å²) in [4.78, 5) is 14.7. The van der Waals surface area contributed by atoms with Gasteiger partial charge >= 0.3 is 0 Å². The highest BCUT2D eigenvalue weighted by molar-refractivity contribution is 5.92. The molecule has 1 atom stereocenters. The van der Waals surface area contributed by atoms with Crippen LogP contribution in [0.2, 0.25) is 0 Å². The topological polar surface area (TPSA) is 68.6 Å². The summed E-state index contributed by atoms with van der Waals surface area (Å²) in [6.07, 6.45) is 4.15. The molecule has 146 valence electrons. The fourth-order valence-corrected chi connectivity index (χ4v) is 3.46. The second-order valence-corrected chi connectivity index (χ2v) is 6.69. The van der Waals surface area contributed by atoms with Gasteiger partial charge in [-0.3, -0.25) is 9.48 Å². The maximum absolute atomic E-state index is 12.9. The number of fused-ring (bicyclic) bond motifs is 1. The van der Waals surface area contributed by atoms with Gasteiger partial charge in [0, 0.05) is 25.8 Å². The summed E-state index contributed by atoms with van der Waals surface area (Å²) in [5.41, 5.74) is 1.51. The van der Waals surface area contributed by atoms with Gasteiger partial charge in [0.05, 0.1) is 6.04 Å².